The van der Waals surface area contributed by atoms with Crippen molar-refractivity contribution >= 4 is 46.3 Å². The summed E-state index contributed by atoms with van der Waals surface area (Å²) in [4.78, 5) is 12.3. The van der Waals surface area contributed by atoms with Crippen LogP contribution in [0.25, 0.3) is 0 Å². The van der Waals surface area contributed by atoms with Gasteiger partial charge in [0.15, 0.2) is 0 Å². The van der Waals surface area contributed by atoms with Gasteiger partial charge in [-0.2, -0.15) is 0 Å². The summed E-state index contributed by atoms with van der Waals surface area (Å²) in [5.41, 5.74) is 5.97. The summed E-state index contributed by atoms with van der Waals surface area (Å²) in [5.74, 6) is -0.286. The van der Waals surface area contributed by atoms with Crippen LogP contribution in [0, 0.1) is 0 Å². The number of thiocarbonyl (C=S) groups is 1. The van der Waals surface area contributed by atoms with Gasteiger partial charge in [-0.3, -0.25) is 4.79 Å². The molecular weight excluding hydrogens is 291 g/mol. The second-order valence-electron chi connectivity index (χ2n) is 3.88. The van der Waals surface area contributed by atoms with Crippen LogP contribution in [0.1, 0.15) is 30.1 Å². The number of nitrogens with two attached hydrogens (primary N) is 1. The van der Waals surface area contributed by atoms with Crippen molar-refractivity contribution in [3.63, 3.8) is 0 Å². The Kier molecular flexibility index (Phi) is 5.85. The zero-order chi connectivity index (χ0) is 13.7. The number of nitrogens with one attached hydrogen (secondary N) is 1. The van der Waals surface area contributed by atoms with Crippen molar-refractivity contribution in [1.82, 2.24) is 5.32 Å². The van der Waals surface area contributed by atoms with E-state index < -0.39 is 0 Å². The van der Waals surface area contributed by atoms with Crippen molar-refractivity contribution in [2.24, 2.45) is 5.73 Å². The van der Waals surface area contributed by atoms with Crippen LogP contribution in [-0.2, 0) is 0 Å². The lowest BCUT2D eigenvalue weighted by atomic mass is 10.1. The second-order valence-corrected chi connectivity index (χ2v) is 5.22. The van der Waals surface area contributed by atoms with Gasteiger partial charge in [0.1, 0.15) is 0 Å². The lowest BCUT2D eigenvalue weighted by molar-refractivity contribution is 0.0945. The molecule has 18 heavy (non-hydrogen) atoms. The van der Waals surface area contributed by atoms with Gasteiger partial charge in [-0.15, -0.1) is 0 Å². The van der Waals surface area contributed by atoms with E-state index in [9.17, 15) is 4.79 Å². The minimum absolute atomic E-state index is 0.276. The van der Waals surface area contributed by atoms with E-state index in [0.29, 0.717) is 22.0 Å². The SMILES string of the molecule is CCCC(NC(=O)c1cc(Cl)cc(Cl)c1)C(N)=S. The molecule has 0 bridgehead atoms. The van der Waals surface area contributed by atoms with Gasteiger partial charge >= 0.3 is 0 Å². The highest BCUT2D eigenvalue weighted by molar-refractivity contribution is 7.80. The van der Waals surface area contributed by atoms with E-state index in [2.05, 4.69) is 5.32 Å². The maximum atomic E-state index is 12.0. The van der Waals surface area contributed by atoms with Crippen molar-refractivity contribution in [2.45, 2.75) is 25.8 Å². The van der Waals surface area contributed by atoms with Gasteiger partial charge in [-0.05, 0) is 24.6 Å². The number of halogens is 2. The molecule has 1 atom stereocenters. The Balaban J connectivity index is 2.83. The number of carbonyl (C=O) groups is 1. The van der Waals surface area contributed by atoms with E-state index in [1.165, 1.54) is 0 Å². The fraction of sp³-hybridized carbons (Fsp3) is 0.333. The molecule has 98 valence electrons. The molecule has 0 aliphatic carbocycles. The Morgan fingerprint density at radius 1 is 1.39 bits per heavy atom. The predicted octanol–water partition coefficient (Wildman–Crippen LogP) is 3.18. The zero-order valence-corrected chi connectivity index (χ0v) is 12.2. The van der Waals surface area contributed by atoms with E-state index in [1.807, 2.05) is 6.92 Å². The van der Waals surface area contributed by atoms with Crippen LogP contribution >= 0.6 is 35.4 Å². The number of amides is 1. The number of benzene rings is 1. The minimum atomic E-state index is -0.310. The first-order valence-corrected chi connectivity index (χ1v) is 6.66. The number of rotatable bonds is 5. The van der Waals surface area contributed by atoms with Crippen LogP contribution in [-0.4, -0.2) is 16.9 Å². The third-order valence-corrected chi connectivity index (χ3v) is 3.07. The Bertz CT molecular complexity index is 445. The van der Waals surface area contributed by atoms with Gasteiger partial charge in [0.05, 0.1) is 11.0 Å². The smallest absolute Gasteiger partial charge is 0.251 e. The second kappa shape index (κ2) is 6.92. The molecule has 0 heterocycles. The first-order valence-electron chi connectivity index (χ1n) is 5.50. The molecule has 0 radical (unpaired) electrons. The summed E-state index contributed by atoms with van der Waals surface area (Å²) in [7, 11) is 0. The third-order valence-electron chi connectivity index (χ3n) is 2.35. The van der Waals surface area contributed by atoms with E-state index in [4.69, 9.17) is 41.2 Å². The van der Waals surface area contributed by atoms with Crippen molar-refractivity contribution < 1.29 is 4.79 Å². The van der Waals surface area contributed by atoms with E-state index in [0.717, 1.165) is 6.42 Å². The molecule has 3 N–H and O–H groups in total. The summed E-state index contributed by atoms with van der Waals surface area (Å²) in [5, 5.41) is 3.59. The van der Waals surface area contributed by atoms with Crippen molar-refractivity contribution in [2.75, 3.05) is 0 Å². The minimum Gasteiger partial charge on any atom is -0.392 e. The van der Waals surface area contributed by atoms with Gasteiger partial charge in [-0.1, -0.05) is 48.8 Å². The van der Waals surface area contributed by atoms with Crippen LogP contribution in [0.3, 0.4) is 0 Å². The highest BCUT2D eigenvalue weighted by atomic mass is 35.5. The molecule has 0 aliphatic heterocycles. The van der Waals surface area contributed by atoms with Crippen LogP contribution in [0.15, 0.2) is 18.2 Å². The van der Waals surface area contributed by atoms with Crippen molar-refractivity contribution in [1.29, 1.82) is 0 Å². The predicted molar refractivity (Wildman–Crippen MR) is 79.4 cm³/mol. The molecule has 0 aliphatic rings. The Morgan fingerprint density at radius 3 is 2.39 bits per heavy atom. The van der Waals surface area contributed by atoms with Gasteiger partial charge in [0.2, 0.25) is 0 Å². The maximum absolute atomic E-state index is 12.0. The quantitative estimate of drug-likeness (QED) is 0.822. The van der Waals surface area contributed by atoms with Crippen molar-refractivity contribution in [3.05, 3.63) is 33.8 Å². The van der Waals surface area contributed by atoms with E-state index >= 15 is 0 Å². The Labute approximate surface area is 122 Å². The molecule has 1 unspecified atom stereocenters. The molecule has 1 aromatic carbocycles. The molecule has 1 aromatic rings. The molecule has 0 saturated carbocycles. The van der Waals surface area contributed by atoms with E-state index in [-0.39, 0.29) is 16.9 Å². The maximum Gasteiger partial charge on any atom is 0.251 e. The highest BCUT2D eigenvalue weighted by Crippen LogP contribution is 2.19. The molecule has 0 spiro atoms. The number of hydrogen-bond donors (Lipinski definition) is 2. The van der Waals surface area contributed by atoms with Crippen LogP contribution in [0.4, 0.5) is 0 Å². The molecule has 1 amide bonds. The Morgan fingerprint density at radius 2 is 1.94 bits per heavy atom. The highest BCUT2D eigenvalue weighted by Gasteiger charge is 2.16. The molecule has 0 fully saturated rings. The average Bonchev–Trinajstić information content (AvgIpc) is 2.26. The van der Waals surface area contributed by atoms with Gasteiger partial charge in [0, 0.05) is 15.6 Å². The summed E-state index contributed by atoms with van der Waals surface area (Å²) in [6.07, 6.45) is 1.58. The molecule has 0 aromatic heterocycles. The van der Waals surface area contributed by atoms with Gasteiger partial charge in [-0.25, -0.2) is 0 Å². The van der Waals surface area contributed by atoms with Gasteiger partial charge < -0.3 is 11.1 Å². The first-order chi connectivity index (χ1) is 8.43. The molecule has 3 nitrogen and oxygen atoms in total. The normalized spacial score (nSPS) is 11.9. The molecule has 6 heteroatoms. The monoisotopic (exact) mass is 304 g/mol. The summed E-state index contributed by atoms with van der Waals surface area (Å²) in [6, 6.07) is 4.35. The summed E-state index contributed by atoms with van der Waals surface area (Å²) >= 11 is 16.6. The lowest BCUT2D eigenvalue weighted by Gasteiger charge is -2.16. The standard InChI is InChI=1S/C12H14Cl2N2OS/c1-2-3-10(11(15)18)16-12(17)7-4-8(13)6-9(14)5-7/h4-6,10H,2-3H2,1H3,(H2,15,18)(H,16,17). The number of carbonyl (C=O) groups excluding carboxylic acids is 1. The van der Waals surface area contributed by atoms with Crippen molar-refractivity contribution in [3.8, 4) is 0 Å². The summed E-state index contributed by atoms with van der Waals surface area (Å²) < 4.78 is 0. The zero-order valence-electron chi connectivity index (χ0n) is 9.87. The third kappa shape index (κ3) is 4.44. The Hall–Kier alpha value is -0.840. The molecule has 0 saturated heterocycles. The van der Waals surface area contributed by atoms with Crippen LogP contribution < -0.4 is 11.1 Å². The lowest BCUT2D eigenvalue weighted by Crippen LogP contribution is -2.43. The molecule has 1 rings (SSSR count). The van der Waals surface area contributed by atoms with Crippen LogP contribution in [0.2, 0.25) is 10.0 Å². The summed E-state index contributed by atoms with van der Waals surface area (Å²) in [6.45, 7) is 1.99. The first kappa shape index (κ1) is 15.2. The largest absolute Gasteiger partial charge is 0.392 e. The van der Waals surface area contributed by atoms with E-state index in [1.54, 1.807) is 18.2 Å². The topological polar surface area (TPSA) is 55.1 Å². The fourth-order valence-corrected chi connectivity index (χ4v) is 2.20. The molecular formula is C12H14Cl2N2OS. The van der Waals surface area contributed by atoms with Crippen LogP contribution in [0.5, 0.6) is 0 Å². The average molecular weight is 305 g/mol. The fourth-order valence-electron chi connectivity index (χ4n) is 1.50. The number of hydrogen-bond acceptors (Lipinski definition) is 2. The van der Waals surface area contributed by atoms with Gasteiger partial charge in [0.25, 0.3) is 5.91 Å².